The standard InChI is InChI=1S/C31H36F3N4O4/c1-3-30(29(41)38-14-10-26-22(19-38)15-23(18-35-26)31(32,33)34)11-7-25(17-30)37-12-8-20(9-13-37)27(39)36-24-6-4-5-21(16-24)28(40)42-2/h3-6,15-16,18,20,25H,7-14,17,19H2,1-2H3,(H,36,39)/t25?,30-/m0/s1. The highest BCUT2D eigenvalue weighted by atomic mass is 19.4. The maximum absolute atomic E-state index is 13.8. The summed E-state index contributed by atoms with van der Waals surface area (Å²) in [5.74, 6) is -0.730. The van der Waals surface area contributed by atoms with Gasteiger partial charge in [0.25, 0.3) is 0 Å². The number of fused-ring (bicyclic) bond motifs is 1. The van der Waals surface area contributed by atoms with Crippen LogP contribution in [0.5, 0.6) is 0 Å². The first-order valence-corrected chi connectivity index (χ1v) is 14.4. The van der Waals surface area contributed by atoms with Crippen LogP contribution in [0.25, 0.3) is 0 Å². The highest BCUT2D eigenvalue weighted by molar-refractivity contribution is 5.95. The van der Waals surface area contributed by atoms with Gasteiger partial charge in [0.1, 0.15) is 0 Å². The molecule has 42 heavy (non-hydrogen) atoms. The Bertz CT molecular complexity index is 1340. The molecular formula is C31H36F3N4O4. The largest absolute Gasteiger partial charge is 0.465 e. The number of aromatic nitrogens is 1. The van der Waals surface area contributed by atoms with Crippen LogP contribution in [0, 0.1) is 17.8 Å². The number of esters is 1. The van der Waals surface area contributed by atoms with E-state index in [9.17, 15) is 27.6 Å². The van der Waals surface area contributed by atoms with E-state index in [1.807, 2.05) is 13.3 Å². The van der Waals surface area contributed by atoms with E-state index in [-0.39, 0.29) is 30.3 Å². The zero-order valence-corrected chi connectivity index (χ0v) is 23.9. The van der Waals surface area contributed by atoms with E-state index in [1.54, 1.807) is 29.2 Å². The number of hydrogen-bond donors (Lipinski definition) is 1. The number of nitrogens with one attached hydrogen (secondary N) is 1. The third-order valence-electron chi connectivity index (χ3n) is 9.12. The van der Waals surface area contributed by atoms with Gasteiger partial charge in [0.2, 0.25) is 11.8 Å². The maximum Gasteiger partial charge on any atom is 0.417 e. The van der Waals surface area contributed by atoms with Gasteiger partial charge in [-0.1, -0.05) is 13.0 Å². The maximum atomic E-state index is 13.8. The number of hydrogen-bond acceptors (Lipinski definition) is 6. The lowest BCUT2D eigenvalue weighted by Crippen LogP contribution is -2.47. The van der Waals surface area contributed by atoms with Crippen LogP contribution in [-0.2, 0) is 33.5 Å². The summed E-state index contributed by atoms with van der Waals surface area (Å²) in [6, 6.07) is 7.98. The number of carbonyl (C=O) groups excluding carboxylic acids is 3. The number of piperidine rings is 1. The van der Waals surface area contributed by atoms with Crippen molar-refractivity contribution in [2.75, 3.05) is 32.1 Å². The van der Waals surface area contributed by atoms with E-state index in [1.165, 1.54) is 7.11 Å². The van der Waals surface area contributed by atoms with Gasteiger partial charge in [-0.2, -0.15) is 13.2 Å². The first-order chi connectivity index (χ1) is 20.0. The van der Waals surface area contributed by atoms with E-state index < -0.39 is 23.1 Å². The van der Waals surface area contributed by atoms with Crippen molar-refractivity contribution in [3.8, 4) is 0 Å². The number of benzene rings is 1. The van der Waals surface area contributed by atoms with E-state index in [4.69, 9.17) is 4.74 Å². The molecule has 8 nitrogen and oxygen atoms in total. The molecule has 1 saturated carbocycles. The molecule has 2 aliphatic heterocycles. The molecule has 0 bridgehead atoms. The Morgan fingerprint density at radius 2 is 1.88 bits per heavy atom. The number of halogens is 3. The fourth-order valence-corrected chi connectivity index (χ4v) is 6.62. The van der Waals surface area contributed by atoms with Crippen molar-refractivity contribution in [2.24, 2.45) is 11.3 Å². The quantitative estimate of drug-likeness (QED) is 0.486. The molecule has 1 N–H and O–H groups in total. The van der Waals surface area contributed by atoms with Crippen LogP contribution in [0.15, 0.2) is 36.5 Å². The monoisotopic (exact) mass is 585 g/mol. The van der Waals surface area contributed by atoms with E-state index in [2.05, 4.69) is 15.2 Å². The lowest BCUT2D eigenvalue weighted by atomic mass is 9.80. The lowest BCUT2D eigenvalue weighted by Gasteiger charge is -2.38. The van der Waals surface area contributed by atoms with Crippen molar-refractivity contribution in [1.82, 2.24) is 14.8 Å². The van der Waals surface area contributed by atoms with Gasteiger partial charge in [-0.3, -0.25) is 14.6 Å². The predicted octanol–water partition coefficient (Wildman–Crippen LogP) is 4.89. The van der Waals surface area contributed by atoms with Crippen LogP contribution in [0.3, 0.4) is 0 Å². The van der Waals surface area contributed by atoms with Crippen LogP contribution in [0.4, 0.5) is 18.9 Å². The summed E-state index contributed by atoms with van der Waals surface area (Å²) in [5.41, 5.74) is 0.551. The zero-order chi connectivity index (χ0) is 30.1. The van der Waals surface area contributed by atoms with Crippen molar-refractivity contribution < 1.29 is 32.3 Å². The van der Waals surface area contributed by atoms with Crippen molar-refractivity contribution >= 4 is 23.5 Å². The van der Waals surface area contributed by atoms with Gasteiger partial charge in [0, 0.05) is 49.0 Å². The number of likely N-dealkylation sites (tertiary alicyclic amines) is 1. The minimum Gasteiger partial charge on any atom is -0.465 e. The number of rotatable bonds is 6. The van der Waals surface area contributed by atoms with Crippen molar-refractivity contribution in [2.45, 2.75) is 64.2 Å². The second kappa shape index (κ2) is 12.0. The van der Waals surface area contributed by atoms with E-state index in [0.29, 0.717) is 61.2 Å². The van der Waals surface area contributed by atoms with Crippen molar-refractivity contribution in [3.63, 3.8) is 0 Å². The minimum atomic E-state index is -4.48. The lowest BCUT2D eigenvalue weighted by molar-refractivity contribution is -0.141. The average molecular weight is 586 g/mol. The van der Waals surface area contributed by atoms with Gasteiger partial charge in [-0.25, -0.2) is 4.79 Å². The number of amides is 2. The van der Waals surface area contributed by atoms with Crippen LogP contribution in [0.2, 0.25) is 0 Å². The number of anilines is 1. The Kier molecular flexibility index (Phi) is 8.59. The summed E-state index contributed by atoms with van der Waals surface area (Å²) in [4.78, 5) is 46.7. The Morgan fingerprint density at radius 1 is 1.12 bits per heavy atom. The number of carbonyl (C=O) groups is 3. The summed E-state index contributed by atoms with van der Waals surface area (Å²) in [7, 11) is 1.31. The SMILES string of the molecule is C[CH][C@]1(C(=O)N2CCc3ncc(C(F)(F)F)cc3C2)CCC(N2CCC(C(=O)Nc3cccc(C(=O)OC)c3)CC2)C1. The summed E-state index contributed by atoms with van der Waals surface area (Å²) >= 11 is 0. The number of methoxy groups -OCH3 is 1. The molecule has 2 fully saturated rings. The second-order valence-corrected chi connectivity index (χ2v) is 11.5. The summed E-state index contributed by atoms with van der Waals surface area (Å²) in [6.45, 7) is 3.94. The normalized spacial score (nSPS) is 23.4. The highest BCUT2D eigenvalue weighted by Gasteiger charge is 2.48. The van der Waals surface area contributed by atoms with Gasteiger partial charge in [-0.15, -0.1) is 0 Å². The summed E-state index contributed by atoms with van der Waals surface area (Å²) in [5, 5.41) is 2.92. The van der Waals surface area contributed by atoms with Gasteiger partial charge in [-0.05, 0) is 81.4 Å². The van der Waals surface area contributed by atoms with Crippen molar-refractivity contribution in [3.05, 3.63) is 65.3 Å². The molecule has 225 valence electrons. The fourth-order valence-electron chi connectivity index (χ4n) is 6.62. The summed E-state index contributed by atoms with van der Waals surface area (Å²) < 4.78 is 44.5. The van der Waals surface area contributed by atoms with Gasteiger partial charge >= 0.3 is 12.1 Å². The Balaban J connectivity index is 1.17. The van der Waals surface area contributed by atoms with E-state index >= 15 is 0 Å². The first kappa shape index (κ1) is 30.0. The topological polar surface area (TPSA) is 91.8 Å². The molecule has 2 aromatic rings. The summed E-state index contributed by atoms with van der Waals surface area (Å²) in [6.07, 6.45) is 2.36. The molecule has 1 aliphatic carbocycles. The van der Waals surface area contributed by atoms with Gasteiger partial charge in [0.15, 0.2) is 0 Å². The third-order valence-corrected chi connectivity index (χ3v) is 9.12. The third kappa shape index (κ3) is 6.16. The second-order valence-electron chi connectivity index (χ2n) is 11.5. The molecule has 2 amide bonds. The smallest absolute Gasteiger partial charge is 0.417 e. The zero-order valence-electron chi connectivity index (χ0n) is 23.9. The molecule has 1 aromatic heterocycles. The molecule has 2 atom stereocenters. The van der Waals surface area contributed by atoms with Crippen LogP contribution < -0.4 is 5.32 Å². The predicted molar refractivity (Wildman–Crippen MR) is 149 cm³/mol. The Hall–Kier alpha value is -3.47. The Morgan fingerprint density at radius 3 is 2.57 bits per heavy atom. The molecule has 1 unspecified atom stereocenters. The molecular weight excluding hydrogens is 549 g/mol. The number of alkyl halides is 3. The van der Waals surface area contributed by atoms with Crippen molar-refractivity contribution in [1.29, 1.82) is 0 Å². The number of pyridine rings is 1. The molecule has 11 heteroatoms. The number of ether oxygens (including phenoxy) is 1. The van der Waals surface area contributed by atoms with Gasteiger partial charge < -0.3 is 19.9 Å². The molecule has 3 heterocycles. The molecule has 3 aliphatic rings. The number of nitrogens with zero attached hydrogens (tertiary/aromatic N) is 3. The van der Waals surface area contributed by atoms with Crippen LogP contribution >= 0.6 is 0 Å². The fraction of sp³-hybridized carbons (Fsp3) is 0.516. The van der Waals surface area contributed by atoms with E-state index in [0.717, 1.165) is 31.8 Å². The average Bonchev–Trinajstić information content (AvgIpc) is 3.45. The van der Waals surface area contributed by atoms with Crippen LogP contribution in [0.1, 0.15) is 66.2 Å². The Labute approximate surface area is 243 Å². The molecule has 1 saturated heterocycles. The molecule has 5 rings (SSSR count). The highest BCUT2D eigenvalue weighted by Crippen LogP contribution is 2.45. The molecule has 1 radical (unpaired) electrons. The minimum absolute atomic E-state index is 0.0287. The first-order valence-electron chi connectivity index (χ1n) is 14.4. The molecule has 0 spiro atoms. The molecule has 1 aromatic carbocycles. The van der Waals surface area contributed by atoms with Gasteiger partial charge in [0.05, 0.1) is 23.7 Å². The van der Waals surface area contributed by atoms with Crippen LogP contribution in [-0.4, -0.2) is 65.4 Å².